The molecule has 0 radical (unpaired) electrons. The van der Waals surface area contributed by atoms with Crippen LogP contribution >= 0.6 is 22.9 Å². The zero-order chi connectivity index (χ0) is 22.5. The van der Waals surface area contributed by atoms with Crippen molar-refractivity contribution < 1.29 is 9.59 Å². The fourth-order valence-corrected chi connectivity index (χ4v) is 4.45. The standard InChI is InChI=1S/C26H21ClN2O2S/c1-17-7-9-18(10-8-17)25-19(16-24(30)28-22-13-11-20(27)12-14-22)15-23(32-25)26(31)29-21-5-3-2-4-6-21/h2-15H,16H2,1H3,(H,28,30)(H,29,31). The first-order valence-electron chi connectivity index (χ1n) is 10.1. The molecule has 0 saturated heterocycles. The molecule has 4 rings (SSSR count). The van der Waals surface area contributed by atoms with Crippen molar-refractivity contribution in [2.45, 2.75) is 13.3 Å². The van der Waals surface area contributed by atoms with Crippen LogP contribution in [0.3, 0.4) is 0 Å². The minimum Gasteiger partial charge on any atom is -0.326 e. The van der Waals surface area contributed by atoms with Gasteiger partial charge in [0, 0.05) is 21.3 Å². The first-order valence-corrected chi connectivity index (χ1v) is 11.3. The largest absolute Gasteiger partial charge is 0.326 e. The third-order valence-corrected chi connectivity index (χ3v) is 6.33. The van der Waals surface area contributed by atoms with E-state index in [-0.39, 0.29) is 18.2 Å². The van der Waals surface area contributed by atoms with E-state index in [1.807, 2.05) is 61.5 Å². The van der Waals surface area contributed by atoms with Gasteiger partial charge in [-0.15, -0.1) is 11.3 Å². The van der Waals surface area contributed by atoms with Crippen LogP contribution in [0, 0.1) is 6.92 Å². The number of rotatable bonds is 6. The minimum atomic E-state index is -0.195. The summed E-state index contributed by atoms with van der Waals surface area (Å²) >= 11 is 7.31. The van der Waals surface area contributed by atoms with Crippen molar-refractivity contribution >= 4 is 46.1 Å². The molecule has 0 aliphatic carbocycles. The molecule has 0 saturated carbocycles. The van der Waals surface area contributed by atoms with Crippen LogP contribution in [0.4, 0.5) is 11.4 Å². The third-order valence-electron chi connectivity index (χ3n) is 4.86. The molecule has 3 aromatic carbocycles. The molecule has 4 nitrogen and oxygen atoms in total. The summed E-state index contributed by atoms with van der Waals surface area (Å²) in [5.74, 6) is -0.354. The van der Waals surface area contributed by atoms with E-state index >= 15 is 0 Å². The maximum atomic E-state index is 12.9. The Bertz CT molecular complexity index is 1230. The predicted molar refractivity (Wildman–Crippen MR) is 133 cm³/mol. The number of para-hydroxylation sites is 1. The molecule has 0 spiro atoms. The Morgan fingerprint density at radius 3 is 2.19 bits per heavy atom. The Hall–Kier alpha value is -3.41. The maximum absolute atomic E-state index is 12.9. The van der Waals surface area contributed by atoms with Crippen molar-refractivity contribution in [1.29, 1.82) is 0 Å². The van der Waals surface area contributed by atoms with Gasteiger partial charge in [0.15, 0.2) is 0 Å². The molecule has 0 atom stereocenters. The van der Waals surface area contributed by atoms with Gasteiger partial charge in [-0.3, -0.25) is 9.59 Å². The summed E-state index contributed by atoms with van der Waals surface area (Å²) in [5, 5.41) is 6.41. The zero-order valence-electron chi connectivity index (χ0n) is 17.4. The van der Waals surface area contributed by atoms with Crippen LogP contribution in [0.25, 0.3) is 10.4 Å². The maximum Gasteiger partial charge on any atom is 0.265 e. The van der Waals surface area contributed by atoms with Crippen LogP contribution in [-0.2, 0) is 11.2 Å². The van der Waals surface area contributed by atoms with E-state index in [0.29, 0.717) is 15.6 Å². The second kappa shape index (κ2) is 9.81. The summed E-state index contributed by atoms with van der Waals surface area (Å²) in [6, 6.07) is 26.2. The summed E-state index contributed by atoms with van der Waals surface area (Å²) in [7, 11) is 0. The lowest BCUT2D eigenvalue weighted by atomic mass is 10.1. The van der Waals surface area contributed by atoms with E-state index in [0.717, 1.165) is 27.3 Å². The van der Waals surface area contributed by atoms with Crippen molar-refractivity contribution in [3.63, 3.8) is 0 Å². The first kappa shape index (κ1) is 21.8. The third kappa shape index (κ3) is 5.44. The Kier molecular flexibility index (Phi) is 6.69. The highest BCUT2D eigenvalue weighted by Crippen LogP contribution is 2.34. The Balaban J connectivity index is 1.60. The monoisotopic (exact) mass is 460 g/mol. The van der Waals surface area contributed by atoms with Gasteiger partial charge in [0.1, 0.15) is 0 Å². The molecule has 2 N–H and O–H groups in total. The summed E-state index contributed by atoms with van der Waals surface area (Å²) < 4.78 is 0. The second-order valence-corrected chi connectivity index (χ2v) is 8.87. The molecule has 6 heteroatoms. The Labute approximate surface area is 195 Å². The zero-order valence-corrected chi connectivity index (χ0v) is 19.0. The van der Waals surface area contributed by atoms with Crippen LogP contribution in [0.5, 0.6) is 0 Å². The molecule has 2 amide bonds. The number of aryl methyl sites for hydroxylation is 1. The van der Waals surface area contributed by atoms with E-state index in [2.05, 4.69) is 10.6 Å². The molecule has 32 heavy (non-hydrogen) atoms. The van der Waals surface area contributed by atoms with Crippen molar-refractivity contribution in [2.75, 3.05) is 10.6 Å². The van der Waals surface area contributed by atoms with Crippen LogP contribution in [0.1, 0.15) is 20.8 Å². The van der Waals surface area contributed by atoms with E-state index in [9.17, 15) is 9.59 Å². The van der Waals surface area contributed by atoms with Crippen LogP contribution in [0.2, 0.25) is 5.02 Å². The van der Waals surface area contributed by atoms with Gasteiger partial charge in [-0.25, -0.2) is 0 Å². The summed E-state index contributed by atoms with van der Waals surface area (Å²) in [6.07, 6.45) is 0.154. The molecule has 0 bridgehead atoms. The highest BCUT2D eigenvalue weighted by molar-refractivity contribution is 7.17. The van der Waals surface area contributed by atoms with Crippen molar-refractivity contribution in [1.82, 2.24) is 0 Å². The lowest BCUT2D eigenvalue weighted by Gasteiger charge is -2.07. The highest BCUT2D eigenvalue weighted by atomic mass is 35.5. The van der Waals surface area contributed by atoms with Crippen LogP contribution < -0.4 is 10.6 Å². The normalized spacial score (nSPS) is 10.6. The molecule has 1 aromatic heterocycles. The molecular formula is C26H21ClN2O2S. The van der Waals surface area contributed by atoms with Gasteiger partial charge in [-0.2, -0.15) is 0 Å². The van der Waals surface area contributed by atoms with Gasteiger partial charge in [-0.05, 0) is 60.5 Å². The number of nitrogens with one attached hydrogen (secondary N) is 2. The smallest absolute Gasteiger partial charge is 0.265 e. The minimum absolute atomic E-state index is 0.154. The molecule has 4 aromatic rings. The molecule has 0 aliphatic heterocycles. The molecule has 1 heterocycles. The van der Waals surface area contributed by atoms with Crippen molar-refractivity contribution in [3.05, 3.63) is 106 Å². The van der Waals surface area contributed by atoms with E-state index in [1.165, 1.54) is 11.3 Å². The van der Waals surface area contributed by atoms with E-state index < -0.39 is 0 Å². The van der Waals surface area contributed by atoms with Gasteiger partial charge in [0.05, 0.1) is 11.3 Å². The van der Waals surface area contributed by atoms with Crippen molar-refractivity contribution in [2.24, 2.45) is 0 Å². The number of amides is 2. The summed E-state index contributed by atoms with van der Waals surface area (Å²) in [4.78, 5) is 27.1. The van der Waals surface area contributed by atoms with Gasteiger partial charge >= 0.3 is 0 Å². The molecule has 0 fully saturated rings. The number of carbonyl (C=O) groups excluding carboxylic acids is 2. The number of halogens is 1. The highest BCUT2D eigenvalue weighted by Gasteiger charge is 2.18. The summed E-state index contributed by atoms with van der Waals surface area (Å²) in [5.41, 5.74) is 4.34. The van der Waals surface area contributed by atoms with Gasteiger partial charge in [0.2, 0.25) is 5.91 Å². The van der Waals surface area contributed by atoms with Gasteiger partial charge in [0.25, 0.3) is 5.91 Å². The number of hydrogen-bond donors (Lipinski definition) is 2. The molecule has 0 aliphatic rings. The predicted octanol–water partition coefficient (Wildman–Crippen LogP) is 6.81. The average molecular weight is 461 g/mol. The van der Waals surface area contributed by atoms with Gasteiger partial charge in [-0.1, -0.05) is 59.6 Å². The van der Waals surface area contributed by atoms with E-state index in [1.54, 1.807) is 30.3 Å². The fourth-order valence-electron chi connectivity index (χ4n) is 3.25. The lowest BCUT2D eigenvalue weighted by Crippen LogP contribution is -2.14. The van der Waals surface area contributed by atoms with Crippen LogP contribution in [0.15, 0.2) is 84.9 Å². The lowest BCUT2D eigenvalue weighted by molar-refractivity contribution is -0.115. The van der Waals surface area contributed by atoms with Crippen molar-refractivity contribution in [3.8, 4) is 10.4 Å². The number of carbonyl (C=O) groups is 2. The molecule has 160 valence electrons. The Morgan fingerprint density at radius 1 is 0.844 bits per heavy atom. The van der Waals surface area contributed by atoms with Crippen LogP contribution in [-0.4, -0.2) is 11.8 Å². The first-order chi connectivity index (χ1) is 15.5. The quantitative estimate of drug-likeness (QED) is 0.332. The van der Waals surface area contributed by atoms with Gasteiger partial charge < -0.3 is 10.6 Å². The molecule has 0 unspecified atom stereocenters. The number of thiophene rings is 1. The average Bonchev–Trinajstić information content (AvgIpc) is 3.20. The number of benzene rings is 3. The second-order valence-electron chi connectivity index (χ2n) is 7.38. The number of hydrogen-bond acceptors (Lipinski definition) is 3. The van der Waals surface area contributed by atoms with E-state index in [4.69, 9.17) is 11.6 Å². The topological polar surface area (TPSA) is 58.2 Å². The SMILES string of the molecule is Cc1ccc(-c2sc(C(=O)Nc3ccccc3)cc2CC(=O)Nc2ccc(Cl)cc2)cc1. The Morgan fingerprint density at radius 2 is 1.50 bits per heavy atom. The number of anilines is 2. The fraction of sp³-hybridized carbons (Fsp3) is 0.0769. The summed E-state index contributed by atoms with van der Waals surface area (Å²) in [6.45, 7) is 2.03. The molecular weight excluding hydrogens is 440 g/mol.